The third-order valence-corrected chi connectivity index (χ3v) is 3.46. The van der Waals surface area contributed by atoms with Crippen LogP contribution in [0.2, 0.25) is 0 Å². The lowest BCUT2D eigenvalue weighted by molar-refractivity contribution is 0.399. The monoisotopic (exact) mass is 332 g/mol. The number of halogens is 1. The second-order valence-corrected chi connectivity index (χ2v) is 6.56. The third kappa shape index (κ3) is 6.84. The van der Waals surface area contributed by atoms with Crippen LogP contribution < -0.4 is 0 Å². The first kappa shape index (κ1) is 22.3. The Morgan fingerprint density at radius 3 is 2.00 bits per heavy atom. The maximum absolute atomic E-state index is 14.1. The highest BCUT2D eigenvalue weighted by molar-refractivity contribution is 5.68. The van der Waals surface area contributed by atoms with E-state index in [1.807, 2.05) is 26.0 Å². The second-order valence-electron chi connectivity index (χ2n) is 6.56. The summed E-state index contributed by atoms with van der Waals surface area (Å²) in [6.45, 7) is 12.8. The fourth-order valence-electron chi connectivity index (χ4n) is 2.53. The Labute approximate surface area is 147 Å². The zero-order valence-electron chi connectivity index (χ0n) is 16.3. The minimum absolute atomic E-state index is 0.146. The molecule has 0 aliphatic rings. The molecule has 1 N–H and O–H groups in total. The molecule has 2 rings (SSSR count). The Balaban J connectivity index is 0.00000123. The van der Waals surface area contributed by atoms with Gasteiger partial charge in [0.25, 0.3) is 0 Å². The Bertz CT molecular complexity index is 597. The molecule has 0 spiro atoms. The average molecular weight is 333 g/mol. The lowest BCUT2D eigenvalue weighted by Gasteiger charge is -2.21. The van der Waals surface area contributed by atoms with Gasteiger partial charge in [0, 0.05) is 12.7 Å². The Morgan fingerprint density at radius 2 is 1.50 bits per heavy atom. The Hall–Kier alpha value is -1.67. The van der Waals surface area contributed by atoms with Crippen LogP contribution in [0.4, 0.5) is 4.39 Å². The molecular formula is C22H33FO. The number of aliphatic hydroxyl groups excluding tert-OH is 1. The van der Waals surface area contributed by atoms with Crippen molar-refractivity contribution in [1.82, 2.24) is 0 Å². The Kier molecular flexibility index (Phi) is 10.2. The maximum atomic E-state index is 14.1. The van der Waals surface area contributed by atoms with Crippen LogP contribution in [0.5, 0.6) is 0 Å². The lowest BCUT2D eigenvalue weighted by atomic mass is 9.84. The van der Waals surface area contributed by atoms with Crippen molar-refractivity contribution in [3.63, 3.8) is 0 Å². The highest BCUT2D eigenvalue weighted by Crippen LogP contribution is 2.31. The smallest absolute Gasteiger partial charge is 0.131 e. The van der Waals surface area contributed by atoms with Crippen LogP contribution >= 0.6 is 0 Å². The van der Waals surface area contributed by atoms with Crippen molar-refractivity contribution in [1.29, 1.82) is 0 Å². The van der Waals surface area contributed by atoms with Gasteiger partial charge >= 0.3 is 0 Å². The van der Waals surface area contributed by atoms with Crippen molar-refractivity contribution < 1.29 is 9.50 Å². The number of hydrogen-bond acceptors (Lipinski definition) is 1. The number of hydrogen-bond donors (Lipinski definition) is 1. The van der Waals surface area contributed by atoms with Gasteiger partial charge in [-0.25, -0.2) is 4.39 Å². The van der Waals surface area contributed by atoms with Crippen molar-refractivity contribution in [2.24, 2.45) is 5.41 Å². The van der Waals surface area contributed by atoms with Gasteiger partial charge in [0.15, 0.2) is 0 Å². The van der Waals surface area contributed by atoms with Crippen LogP contribution in [0.3, 0.4) is 0 Å². The van der Waals surface area contributed by atoms with Crippen LogP contribution in [0, 0.1) is 11.2 Å². The van der Waals surface area contributed by atoms with Crippen molar-refractivity contribution in [2.45, 2.75) is 54.4 Å². The van der Waals surface area contributed by atoms with Crippen LogP contribution in [0.1, 0.15) is 52.7 Å². The lowest BCUT2D eigenvalue weighted by Crippen LogP contribution is -2.10. The van der Waals surface area contributed by atoms with Gasteiger partial charge in [0.2, 0.25) is 0 Å². The van der Waals surface area contributed by atoms with E-state index in [9.17, 15) is 4.39 Å². The highest BCUT2D eigenvalue weighted by atomic mass is 19.1. The van der Waals surface area contributed by atoms with E-state index in [2.05, 4.69) is 45.9 Å². The summed E-state index contributed by atoms with van der Waals surface area (Å²) < 4.78 is 14.1. The summed E-state index contributed by atoms with van der Waals surface area (Å²) in [4.78, 5) is 0. The molecular weight excluding hydrogens is 299 g/mol. The van der Waals surface area contributed by atoms with Gasteiger partial charge in [-0.1, -0.05) is 77.9 Å². The topological polar surface area (TPSA) is 20.2 Å². The fourth-order valence-corrected chi connectivity index (χ4v) is 2.53. The summed E-state index contributed by atoms with van der Waals surface area (Å²) >= 11 is 0. The van der Waals surface area contributed by atoms with E-state index in [0.29, 0.717) is 5.56 Å². The summed E-state index contributed by atoms with van der Waals surface area (Å²) in [6, 6.07) is 13.4. The fraction of sp³-hybridized carbons (Fsp3) is 0.455. The first-order valence-corrected chi connectivity index (χ1v) is 8.72. The van der Waals surface area contributed by atoms with E-state index in [0.717, 1.165) is 25.5 Å². The van der Waals surface area contributed by atoms with Crippen molar-refractivity contribution in [2.75, 3.05) is 7.11 Å². The quantitative estimate of drug-likeness (QED) is 0.701. The normalized spacial score (nSPS) is 10.2. The summed E-state index contributed by atoms with van der Waals surface area (Å²) in [5.74, 6) is -0.146. The predicted octanol–water partition coefficient (Wildman–Crippen LogP) is 6.28. The van der Waals surface area contributed by atoms with Crippen molar-refractivity contribution in [3.05, 3.63) is 59.4 Å². The Morgan fingerprint density at radius 1 is 0.917 bits per heavy atom. The molecule has 0 aliphatic carbocycles. The van der Waals surface area contributed by atoms with E-state index in [1.54, 1.807) is 6.07 Å². The summed E-state index contributed by atoms with van der Waals surface area (Å²) in [7, 11) is 1.00. The largest absolute Gasteiger partial charge is 0.400 e. The second kappa shape index (κ2) is 11.0. The molecule has 0 heterocycles. The summed E-state index contributed by atoms with van der Waals surface area (Å²) in [5, 5.41) is 7.00. The first-order valence-electron chi connectivity index (χ1n) is 8.72. The average Bonchev–Trinajstić information content (AvgIpc) is 2.58. The molecule has 0 amide bonds. The van der Waals surface area contributed by atoms with E-state index < -0.39 is 0 Å². The third-order valence-electron chi connectivity index (χ3n) is 3.46. The minimum atomic E-state index is -0.146. The molecule has 2 aromatic carbocycles. The van der Waals surface area contributed by atoms with Gasteiger partial charge in [-0.3, -0.25) is 0 Å². The van der Waals surface area contributed by atoms with E-state index in [1.165, 1.54) is 17.2 Å². The molecule has 0 radical (unpaired) electrons. The standard InChI is InChI=1S/C19H23F.C2H6.CH4O/c1-5-14-10-11-16(15(12-14)13-19(2,3)4)17-8-6-7-9-18(17)20;2*1-2/h6-12H,5,13H2,1-4H3;1-2H3;2H,1H3. The van der Waals surface area contributed by atoms with E-state index in [4.69, 9.17) is 5.11 Å². The molecule has 0 unspecified atom stereocenters. The number of aliphatic hydroxyl groups is 1. The van der Waals surface area contributed by atoms with Crippen LogP contribution in [0.15, 0.2) is 42.5 Å². The highest BCUT2D eigenvalue weighted by Gasteiger charge is 2.16. The molecule has 0 atom stereocenters. The molecule has 0 saturated heterocycles. The molecule has 0 saturated carbocycles. The summed E-state index contributed by atoms with van der Waals surface area (Å²) in [6.07, 6.45) is 1.96. The number of aryl methyl sites for hydroxylation is 1. The SMILES string of the molecule is CC.CCc1ccc(-c2ccccc2F)c(CC(C)(C)C)c1.CO. The predicted molar refractivity (Wildman–Crippen MR) is 104 cm³/mol. The van der Waals surface area contributed by atoms with E-state index >= 15 is 0 Å². The number of benzene rings is 2. The van der Waals surface area contributed by atoms with Crippen LogP contribution in [0.25, 0.3) is 11.1 Å². The van der Waals surface area contributed by atoms with Gasteiger partial charge in [-0.15, -0.1) is 0 Å². The van der Waals surface area contributed by atoms with Gasteiger partial charge in [0.1, 0.15) is 5.82 Å². The molecule has 2 aromatic rings. The zero-order valence-corrected chi connectivity index (χ0v) is 16.3. The minimum Gasteiger partial charge on any atom is -0.400 e. The number of rotatable bonds is 3. The molecule has 134 valence electrons. The molecule has 0 aromatic heterocycles. The molecule has 1 nitrogen and oxygen atoms in total. The molecule has 0 fully saturated rings. The first-order chi connectivity index (χ1) is 11.4. The summed E-state index contributed by atoms with van der Waals surface area (Å²) in [5.41, 5.74) is 4.46. The van der Waals surface area contributed by atoms with Crippen molar-refractivity contribution >= 4 is 0 Å². The maximum Gasteiger partial charge on any atom is 0.131 e. The molecule has 0 bridgehead atoms. The van der Waals surface area contributed by atoms with Gasteiger partial charge in [-0.2, -0.15) is 0 Å². The van der Waals surface area contributed by atoms with Gasteiger partial charge < -0.3 is 5.11 Å². The molecule has 0 aliphatic heterocycles. The molecule has 2 heteroatoms. The van der Waals surface area contributed by atoms with E-state index in [-0.39, 0.29) is 11.2 Å². The molecule has 24 heavy (non-hydrogen) atoms. The van der Waals surface area contributed by atoms with Crippen LogP contribution in [-0.2, 0) is 12.8 Å². The van der Waals surface area contributed by atoms with Gasteiger partial charge in [0.05, 0.1) is 0 Å². The van der Waals surface area contributed by atoms with Gasteiger partial charge in [-0.05, 0) is 41.0 Å². The van der Waals surface area contributed by atoms with Crippen LogP contribution in [-0.4, -0.2) is 12.2 Å². The van der Waals surface area contributed by atoms with Crippen molar-refractivity contribution in [3.8, 4) is 11.1 Å². The zero-order chi connectivity index (χ0) is 18.8.